The zero-order chi connectivity index (χ0) is 15.6. The highest BCUT2D eigenvalue weighted by Gasteiger charge is 2.14. The zero-order valence-corrected chi connectivity index (χ0v) is 13.2. The number of carboxylic acids is 1. The van der Waals surface area contributed by atoms with E-state index in [1.807, 2.05) is 22.6 Å². The molecule has 0 aliphatic carbocycles. The van der Waals surface area contributed by atoms with Gasteiger partial charge in [-0.2, -0.15) is 0 Å². The van der Waals surface area contributed by atoms with Crippen molar-refractivity contribution in [2.24, 2.45) is 0 Å². The molecule has 0 atom stereocenters. The number of hydrogen-bond acceptors (Lipinski definition) is 4. The highest BCUT2D eigenvalue weighted by molar-refractivity contribution is 14.1. The maximum absolute atomic E-state index is 11.9. The average Bonchev–Trinajstić information content (AvgIpc) is 2.80. The summed E-state index contributed by atoms with van der Waals surface area (Å²) < 4.78 is 5.91. The predicted octanol–water partition coefficient (Wildman–Crippen LogP) is 2.53. The number of halogens is 1. The molecular weight excluding hydrogens is 389 g/mol. The lowest BCUT2D eigenvalue weighted by Crippen LogP contribution is -2.22. The van der Waals surface area contributed by atoms with Crippen molar-refractivity contribution < 1.29 is 24.2 Å². The molecule has 2 aromatic rings. The fourth-order valence-corrected chi connectivity index (χ4v) is 2.10. The third-order valence-electron chi connectivity index (χ3n) is 2.83. The number of carbonyl (C=O) groups excluding carboxylic acids is 1. The number of benzene rings is 1. The van der Waals surface area contributed by atoms with Gasteiger partial charge >= 0.3 is 5.97 Å². The van der Waals surface area contributed by atoms with Crippen LogP contribution in [0.25, 0.3) is 0 Å². The smallest absolute Gasteiger partial charge is 0.339 e. The van der Waals surface area contributed by atoms with Crippen molar-refractivity contribution in [3.8, 4) is 5.75 Å². The van der Waals surface area contributed by atoms with Crippen molar-refractivity contribution in [3.05, 3.63) is 50.5 Å². The Morgan fingerprint density at radius 3 is 2.62 bits per heavy atom. The van der Waals surface area contributed by atoms with E-state index in [9.17, 15) is 14.7 Å². The van der Waals surface area contributed by atoms with Crippen LogP contribution < -0.4 is 5.32 Å². The molecule has 3 N–H and O–H groups in total. The van der Waals surface area contributed by atoms with Crippen LogP contribution in [0.15, 0.2) is 28.7 Å². The van der Waals surface area contributed by atoms with Crippen LogP contribution in [0.4, 0.5) is 0 Å². The lowest BCUT2D eigenvalue weighted by molar-refractivity contribution is 0.0694. The van der Waals surface area contributed by atoms with Crippen molar-refractivity contribution >= 4 is 34.5 Å². The monoisotopic (exact) mass is 401 g/mol. The Kier molecular flexibility index (Phi) is 4.51. The first-order valence-corrected chi connectivity index (χ1v) is 7.05. The van der Waals surface area contributed by atoms with E-state index in [0.29, 0.717) is 20.7 Å². The fourth-order valence-electron chi connectivity index (χ4n) is 1.77. The molecule has 1 aromatic carbocycles. The number of phenols is 1. The fraction of sp³-hybridized carbons (Fsp3) is 0.143. The van der Waals surface area contributed by atoms with Gasteiger partial charge in [-0.15, -0.1) is 0 Å². The van der Waals surface area contributed by atoms with Gasteiger partial charge in [0.15, 0.2) is 0 Å². The Labute approximate surface area is 133 Å². The molecule has 0 spiro atoms. The van der Waals surface area contributed by atoms with Crippen LogP contribution in [0.2, 0.25) is 0 Å². The van der Waals surface area contributed by atoms with Crippen molar-refractivity contribution in [1.82, 2.24) is 5.32 Å². The van der Waals surface area contributed by atoms with Gasteiger partial charge in [0, 0.05) is 5.56 Å². The van der Waals surface area contributed by atoms with Crippen LogP contribution in [0.3, 0.4) is 0 Å². The van der Waals surface area contributed by atoms with Crippen molar-refractivity contribution in [2.75, 3.05) is 0 Å². The first-order chi connectivity index (χ1) is 9.88. The van der Waals surface area contributed by atoms with Crippen LogP contribution in [-0.4, -0.2) is 22.1 Å². The van der Waals surface area contributed by atoms with Gasteiger partial charge in [0.2, 0.25) is 0 Å². The number of nitrogens with one attached hydrogen (secondary N) is 1. The number of furan rings is 1. The van der Waals surface area contributed by atoms with Crippen LogP contribution >= 0.6 is 22.6 Å². The van der Waals surface area contributed by atoms with Crippen molar-refractivity contribution in [2.45, 2.75) is 13.5 Å². The first-order valence-electron chi connectivity index (χ1n) is 5.98. The van der Waals surface area contributed by atoms with E-state index in [-0.39, 0.29) is 23.8 Å². The van der Waals surface area contributed by atoms with E-state index in [1.54, 1.807) is 19.1 Å². The Balaban J connectivity index is 2.05. The Bertz CT molecular complexity index is 707. The van der Waals surface area contributed by atoms with Crippen LogP contribution in [0, 0.1) is 10.5 Å². The number of aromatic hydroxyl groups is 1. The van der Waals surface area contributed by atoms with E-state index >= 15 is 0 Å². The highest BCUT2D eigenvalue weighted by Crippen LogP contribution is 2.20. The summed E-state index contributed by atoms with van der Waals surface area (Å²) in [6.45, 7) is 1.62. The lowest BCUT2D eigenvalue weighted by Gasteiger charge is -2.04. The molecule has 6 nitrogen and oxygen atoms in total. The molecule has 110 valence electrons. The van der Waals surface area contributed by atoms with Crippen LogP contribution in [0.5, 0.6) is 5.75 Å². The molecule has 0 bridgehead atoms. The van der Waals surface area contributed by atoms with Gasteiger partial charge in [-0.25, -0.2) is 4.79 Å². The summed E-state index contributed by atoms with van der Waals surface area (Å²) in [6, 6.07) is 5.97. The molecule has 1 amide bonds. The Morgan fingerprint density at radius 2 is 2.05 bits per heavy atom. The summed E-state index contributed by atoms with van der Waals surface area (Å²) in [5.74, 6) is -0.777. The van der Waals surface area contributed by atoms with Crippen molar-refractivity contribution in [1.29, 1.82) is 0 Å². The number of phenolic OH excluding ortho intramolecular Hbond substituents is 1. The summed E-state index contributed by atoms with van der Waals surface area (Å²) >= 11 is 1.96. The lowest BCUT2D eigenvalue weighted by atomic mass is 10.2. The largest absolute Gasteiger partial charge is 0.507 e. The Hall–Kier alpha value is -2.03. The van der Waals surface area contributed by atoms with E-state index in [1.165, 1.54) is 12.1 Å². The molecule has 0 unspecified atom stereocenters. The third kappa shape index (κ3) is 3.54. The second kappa shape index (κ2) is 6.17. The molecule has 0 aliphatic rings. The number of carbonyl (C=O) groups is 2. The molecule has 2 rings (SSSR count). The minimum absolute atomic E-state index is 0.0326. The number of rotatable bonds is 4. The standard InChI is InChI=1S/C14H12INO5/c1-7-10(14(19)20)5-9(21-7)6-16-13(18)8-2-3-11(15)12(17)4-8/h2-5,17H,6H2,1H3,(H,16,18)(H,19,20). The van der Waals surface area contributed by atoms with Crippen molar-refractivity contribution in [3.63, 3.8) is 0 Å². The molecule has 0 saturated carbocycles. The number of hydrogen-bond donors (Lipinski definition) is 3. The molecule has 1 aromatic heterocycles. The minimum atomic E-state index is -1.07. The summed E-state index contributed by atoms with van der Waals surface area (Å²) in [6.07, 6.45) is 0. The van der Waals surface area contributed by atoms with Gasteiger partial charge in [0.1, 0.15) is 22.8 Å². The maximum atomic E-state index is 11.9. The molecule has 0 fully saturated rings. The molecule has 7 heteroatoms. The normalized spacial score (nSPS) is 10.4. The molecular formula is C14H12INO5. The predicted molar refractivity (Wildman–Crippen MR) is 82.4 cm³/mol. The average molecular weight is 401 g/mol. The van der Waals surface area contributed by atoms with Gasteiger partial charge in [-0.3, -0.25) is 4.79 Å². The third-order valence-corrected chi connectivity index (χ3v) is 3.74. The minimum Gasteiger partial charge on any atom is -0.507 e. The van der Waals surface area contributed by atoms with Gasteiger partial charge in [-0.1, -0.05) is 0 Å². The summed E-state index contributed by atoms with van der Waals surface area (Å²) in [7, 11) is 0. The molecule has 0 radical (unpaired) electrons. The van der Waals surface area contributed by atoms with Crippen LogP contribution in [-0.2, 0) is 6.54 Å². The second-order valence-electron chi connectivity index (χ2n) is 4.34. The SMILES string of the molecule is Cc1oc(CNC(=O)c2ccc(I)c(O)c2)cc1C(=O)O. The zero-order valence-electron chi connectivity index (χ0n) is 11.0. The van der Waals surface area contributed by atoms with Gasteiger partial charge < -0.3 is 19.9 Å². The van der Waals surface area contributed by atoms with Gasteiger partial charge in [0.25, 0.3) is 5.91 Å². The van der Waals surface area contributed by atoms with Gasteiger partial charge in [0.05, 0.1) is 10.1 Å². The van der Waals surface area contributed by atoms with Crippen LogP contribution in [0.1, 0.15) is 32.2 Å². The summed E-state index contributed by atoms with van der Waals surface area (Å²) in [5.41, 5.74) is 0.390. The quantitative estimate of drug-likeness (QED) is 0.684. The number of aromatic carboxylic acids is 1. The Morgan fingerprint density at radius 1 is 1.33 bits per heavy atom. The summed E-state index contributed by atoms with van der Waals surface area (Å²) in [4.78, 5) is 22.8. The number of aryl methyl sites for hydroxylation is 1. The van der Waals surface area contributed by atoms with E-state index in [4.69, 9.17) is 9.52 Å². The second-order valence-corrected chi connectivity index (χ2v) is 5.50. The first kappa shape index (κ1) is 15.4. The van der Waals surface area contributed by atoms with Gasteiger partial charge in [-0.05, 0) is 53.8 Å². The molecule has 1 heterocycles. The molecule has 21 heavy (non-hydrogen) atoms. The highest BCUT2D eigenvalue weighted by atomic mass is 127. The summed E-state index contributed by atoms with van der Waals surface area (Å²) in [5, 5.41) is 21.1. The number of amides is 1. The number of carboxylic acid groups (broad SMARTS) is 1. The topological polar surface area (TPSA) is 99.8 Å². The van der Waals surface area contributed by atoms with E-state index in [0.717, 1.165) is 0 Å². The van der Waals surface area contributed by atoms with E-state index < -0.39 is 5.97 Å². The molecule has 0 saturated heterocycles. The van der Waals surface area contributed by atoms with E-state index in [2.05, 4.69) is 5.32 Å². The molecule has 0 aliphatic heterocycles. The maximum Gasteiger partial charge on any atom is 0.339 e.